The number of piperidine rings is 1. The van der Waals surface area contributed by atoms with Gasteiger partial charge in [0.2, 0.25) is 5.91 Å². The van der Waals surface area contributed by atoms with Gasteiger partial charge in [-0.3, -0.25) is 9.59 Å². The van der Waals surface area contributed by atoms with Gasteiger partial charge in [0.15, 0.2) is 0 Å². The number of halogens is 3. The summed E-state index contributed by atoms with van der Waals surface area (Å²) in [4.78, 5) is 27.1. The Labute approximate surface area is 218 Å². The highest BCUT2D eigenvalue weighted by molar-refractivity contribution is 6.05. The number of likely N-dealkylation sites (tertiary alicyclic amines) is 1. The van der Waals surface area contributed by atoms with Crippen LogP contribution in [0, 0.1) is 0 Å². The Morgan fingerprint density at radius 2 is 1.74 bits per heavy atom. The number of alkyl halides is 3. The number of rotatable bonds is 10. The first kappa shape index (κ1) is 27.6. The fourth-order valence-corrected chi connectivity index (χ4v) is 4.79. The van der Waals surface area contributed by atoms with E-state index in [0.717, 1.165) is 37.1 Å². The van der Waals surface area contributed by atoms with Gasteiger partial charge in [-0.25, -0.2) is 0 Å². The number of pyridine rings is 1. The summed E-state index contributed by atoms with van der Waals surface area (Å²) >= 11 is 0. The summed E-state index contributed by atoms with van der Waals surface area (Å²) in [5, 5.41) is 4.10. The number of primary amides is 1. The first-order valence-electron chi connectivity index (χ1n) is 12.4. The number of hydrogen-bond donors (Lipinski definition) is 2. The summed E-state index contributed by atoms with van der Waals surface area (Å²) in [5.41, 5.74) is 7.88. The van der Waals surface area contributed by atoms with Crippen LogP contribution in [0.3, 0.4) is 0 Å². The molecule has 1 aromatic heterocycles. The number of carbonyl (C=O) groups is 1. The predicted octanol–water partition coefficient (Wildman–Crippen LogP) is 3.40. The van der Waals surface area contributed by atoms with Crippen molar-refractivity contribution in [3.8, 4) is 5.75 Å². The molecule has 204 valence electrons. The van der Waals surface area contributed by atoms with Crippen molar-refractivity contribution >= 4 is 16.8 Å². The molecule has 0 aliphatic carbocycles. The molecule has 1 fully saturated rings. The Morgan fingerprint density at radius 3 is 2.37 bits per heavy atom. The topological polar surface area (TPSA) is 98.8 Å². The fraction of sp³-hybridized carbons (Fsp3) is 0.407. The second kappa shape index (κ2) is 12.0. The van der Waals surface area contributed by atoms with Crippen LogP contribution in [-0.4, -0.2) is 54.5 Å². The van der Waals surface area contributed by atoms with Crippen LogP contribution in [0.2, 0.25) is 0 Å². The van der Waals surface area contributed by atoms with E-state index in [9.17, 15) is 22.8 Å². The molecule has 0 saturated carbocycles. The van der Waals surface area contributed by atoms with Crippen molar-refractivity contribution in [1.29, 1.82) is 0 Å². The second-order valence-corrected chi connectivity index (χ2v) is 9.39. The van der Waals surface area contributed by atoms with Crippen LogP contribution in [0.5, 0.6) is 5.75 Å². The minimum absolute atomic E-state index is 0.208. The highest BCUT2D eigenvalue weighted by Gasteiger charge is 2.31. The summed E-state index contributed by atoms with van der Waals surface area (Å²) in [7, 11) is 1.60. The van der Waals surface area contributed by atoms with Crippen molar-refractivity contribution in [2.45, 2.75) is 44.9 Å². The Hall–Kier alpha value is -3.41. The van der Waals surface area contributed by atoms with Crippen molar-refractivity contribution in [2.75, 3.05) is 26.7 Å². The maximum absolute atomic E-state index is 12.9. The fourth-order valence-electron chi connectivity index (χ4n) is 4.79. The molecular formula is C27H31F3N4O4. The monoisotopic (exact) mass is 532 g/mol. The molecule has 1 amide bonds. The molecule has 0 unspecified atom stereocenters. The van der Waals surface area contributed by atoms with Gasteiger partial charge in [-0.1, -0.05) is 24.3 Å². The predicted molar refractivity (Wildman–Crippen MR) is 137 cm³/mol. The van der Waals surface area contributed by atoms with E-state index in [-0.39, 0.29) is 22.9 Å². The van der Waals surface area contributed by atoms with Crippen LogP contribution in [0.25, 0.3) is 10.9 Å². The number of methoxy groups -OCH3 is 1. The van der Waals surface area contributed by atoms with E-state index in [1.165, 1.54) is 18.2 Å². The molecule has 0 bridgehead atoms. The average molecular weight is 533 g/mol. The minimum atomic E-state index is -4.70. The van der Waals surface area contributed by atoms with Gasteiger partial charge in [0.1, 0.15) is 5.75 Å². The summed E-state index contributed by atoms with van der Waals surface area (Å²) in [5.74, 6) is -0.875. The van der Waals surface area contributed by atoms with E-state index < -0.39 is 12.3 Å². The third-order valence-corrected chi connectivity index (χ3v) is 6.73. The van der Waals surface area contributed by atoms with Crippen molar-refractivity contribution in [1.82, 2.24) is 14.8 Å². The van der Waals surface area contributed by atoms with Crippen LogP contribution >= 0.6 is 0 Å². The zero-order chi connectivity index (χ0) is 27.3. The molecule has 1 aliphatic heterocycles. The number of ether oxygens (including phenoxy) is 2. The number of nitrogens with zero attached hydrogens (tertiary/aromatic N) is 2. The highest BCUT2D eigenvalue weighted by atomic mass is 19.4. The lowest BCUT2D eigenvalue weighted by Gasteiger charge is -2.32. The quantitative estimate of drug-likeness (QED) is 0.415. The lowest BCUT2D eigenvalue weighted by atomic mass is 10.0. The number of hydrogen-bond acceptors (Lipinski definition) is 6. The van der Waals surface area contributed by atoms with E-state index in [1.807, 2.05) is 12.1 Å². The van der Waals surface area contributed by atoms with Gasteiger partial charge < -0.3 is 30.0 Å². The molecule has 2 aromatic carbocycles. The largest absolute Gasteiger partial charge is 0.573 e. The van der Waals surface area contributed by atoms with E-state index >= 15 is 0 Å². The lowest BCUT2D eigenvalue weighted by molar-refractivity contribution is -0.274. The number of nitrogens with one attached hydrogen (secondary N) is 1. The summed E-state index contributed by atoms with van der Waals surface area (Å²) in [6.45, 7) is 3.77. The summed E-state index contributed by atoms with van der Waals surface area (Å²) in [6.07, 6.45) is -2.89. The van der Waals surface area contributed by atoms with E-state index in [4.69, 9.17) is 10.5 Å². The SMILES string of the molecule is COCc1ccc2c(C(N)=O)cc(=O)n(CCN3CCC(NCc4ccc(OC(F)(F)F)cc4)CC3)c2c1. The van der Waals surface area contributed by atoms with Crippen molar-refractivity contribution in [3.05, 3.63) is 75.6 Å². The van der Waals surface area contributed by atoms with Gasteiger partial charge in [-0.05, 0) is 55.3 Å². The first-order valence-corrected chi connectivity index (χ1v) is 12.4. The minimum Gasteiger partial charge on any atom is -0.406 e. The maximum atomic E-state index is 12.9. The van der Waals surface area contributed by atoms with Crippen molar-refractivity contribution in [2.24, 2.45) is 5.73 Å². The molecule has 1 saturated heterocycles. The normalized spacial score (nSPS) is 15.2. The Bertz CT molecular complexity index is 1320. The van der Waals surface area contributed by atoms with Crippen LogP contribution in [0.15, 0.2) is 53.3 Å². The molecule has 3 N–H and O–H groups in total. The number of nitrogens with two attached hydrogens (primary N) is 1. The Morgan fingerprint density at radius 1 is 1.05 bits per heavy atom. The van der Waals surface area contributed by atoms with Crippen molar-refractivity contribution < 1.29 is 27.4 Å². The molecule has 8 nitrogen and oxygen atoms in total. The van der Waals surface area contributed by atoms with Crippen molar-refractivity contribution in [3.63, 3.8) is 0 Å². The number of aromatic nitrogens is 1. The van der Waals surface area contributed by atoms with Crippen LogP contribution in [0.4, 0.5) is 13.2 Å². The molecule has 11 heteroatoms. The van der Waals surface area contributed by atoms with Gasteiger partial charge in [-0.15, -0.1) is 13.2 Å². The molecule has 4 rings (SSSR count). The molecule has 0 atom stereocenters. The van der Waals surface area contributed by atoms with Gasteiger partial charge >= 0.3 is 6.36 Å². The third-order valence-electron chi connectivity index (χ3n) is 6.73. The molecule has 1 aliphatic rings. The molecule has 2 heterocycles. The summed E-state index contributed by atoms with van der Waals surface area (Å²) in [6, 6.07) is 13.0. The summed E-state index contributed by atoms with van der Waals surface area (Å²) < 4.78 is 47.8. The second-order valence-electron chi connectivity index (χ2n) is 9.39. The highest BCUT2D eigenvalue weighted by Crippen LogP contribution is 2.23. The smallest absolute Gasteiger partial charge is 0.406 e. The average Bonchev–Trinajstić information content (AvgIpc) is 2.87. The number of benzene rings is 2. The van der Waals surface area contributed by atoms with Gasteiger partial charge in [0, 0.05) is 44.2 Å². The zero-order valence-corrected chi connectivity index (χ0v) is 21.1. The number of fused-ring (bicyclic) bond motifs is 1. The Balaban J connectivity index is 1.33. The van der Waals surface area contributed by atoms with Gasteiger partial charge in [-0.2, -0.15) is 0 Å². The van der Waals surface area contributed by atoms with Gasteiger partial charge in [0.05, 0.1) is 17.7 Å². The molecule has 0 spiro atoms. The zero-order valence-electron chi connectivity index (χ0n) is 21.1. The van der Waals surface area contributed by atoms with E-state index in [2.05, 4.69) is 15.0 Å². The number of carbonyl (C=O) groups excluding carboxylic acids is 1. The van der Waals surface area contributed by atoms with Gasteiger partial charge in [0.25, 0.3) is 5.56 Å². The van der Waals surface area contributed by atoms with Crippen LogP contribution < -0.4 is 21.3 Å². The standard InChI is InChI=1S/C27H31F3N4O4/c1-37-17-19-4-7-22-23(26(31)36)15-25(35)34(24(22)14-19)13-12-33-10-8-20(9-11-33)32-16-18-2-5-21(6-3-18)38-27(28,29)30/h2-7,14-15,20,32H,8-13,16-17H2,1H3,(H2,31,36). The molecule has 3 aromatic rings. The third kappa shape index (κ3) is 7.12. The molecular weight excluding hydrogens is 501 g/mol. The first-order chi connectivity index (χ1) is 18.1. The number of amides is 1. The van der Waals surface area contributed by atoms with E-state index in [0.29, 0.717) is 37.1 Å². The molecule has 38 heavy (non-hydrogen) atoms. The maximum Gasteiger partial charge on any atom is 0.573 e. The lowest BCUT2D eigenvalue weighted by Crippen LogP contribution is -2.43. The van der Waals surface area contributed by atoms with Crippen LogP contribution in [0.1, 0.15) is 34.3 Å². The molecule has 0 radical (unpaired) electrons. The van der Waals surface area contributed by atoms with Crippen LogP contribution in [-0.2, 0) is 24.4 Å². The van der Waals surface area contributed by atoms with E-state index in [1.54, 1.807) is 29.9 Å². The Kier molecular flexibility index (Phi) is 8.70.